The number of carbonyl (C=O) groups is 4. The van der Waals surface area contributed by atoms with Crippen LogP contribution in [0.2, 0.25) is 0 Å². The number of aromatic nitrogens is 1. The van der Waals surface area contributed by atoms with Gasteiger partial charge in [-0.25, -0.2) is 4.79 Å². The zero-order valence-corrected chi connectivity index (χ0v) is 17.4. The molecule has 0 radical (unpaired) electrons. The van der Waals surface area contributed by atoms with E-state index >= 15 is 0 Å². The molecule has 158 valence electrons. The van der Waals surface area contributed by atoms with Crippen molar-refractivity contribution in [3.63, 3.8) is 0 Å². The molecule has 2 amide bonds. The lowest BCUT2D eigenvalue weighted by Crippen LogP contribution is -2.45. The number of Topliss-reactive ketones (excluding diaryl/α,β-unsaturated/α-hetero) is 1. The Morgan fingerprint density at radius 3 is 2.30 bits per heavy atom. The third-order valence-corrected chi connectivity index (χ3v) is 6.41. The van der Waals surface area contributed by atoms with Gasteiger partial charge in [0.1, 0.15) is 6.04 Å². The highest BCUT2D eigenvalue weighted by atomic mass is 16.5. The summed E-state index contributed by atoms with van der Waals surface area (Å²) in [6, 6.07) is 6.39. The minimum atomic E-state index is -1.05. The average molecular weight is 410 g/mol. The fourth-order valence-electron chi connectivity index (χ4n) is 4.80. The lowest BCUT2D eigenvalue weighted by Gasteiger charge is -2.23. The number of amides is 2. The average Bonchev–Trinajstić information content (AvgIpc) is 3.20. The van der Waals surface area contributed by atoms with Gasteiger partial charge in [0.25, 0.3) is 0 Å². The van der Waals surface area contributed by atoms with Crippen molar-refractivity contribution in [3.05, 3.63) is 35.5 Å². The highest BCUT2D eigenvalue weighted by Crippen LogP contribution is 2.39. The van der Waals surface area contributed by atoms with Gasteiger partial charge in [-0.1, -0.05) is 31.0 Å². The number of imide groups is 1. The first-order valence-corrected chi connectivity index (χ1v) is 10.5. The van der Waals surface area contributed by atoms with Gasteiger partial charge < -0.3 is 9.72 Å². The number of esters is 1. The van der Waals surface area contributed by atoms with E-state index in [2.05, 4.69) is 4.98 Å². The summed E-state index contributed by atoms with van der Waals surface area (Å²) in [6.45, 7) is 4.80. The van der Waals surface area contributed by atoms with Crippen LogP contribution in [0.15, 0.2) is 24.3 Å². The number of para-hydroxylation sites is 1. The second-order valence-electron chi connectivity index (χ2n) is 8.33. The van der Waals surface area contributed by atoms with E-state index in [4.69, 9.17) is 4.74 Å². The molecule has 1 aromatic carbocycles. The van der Waals surface area contributed by atoms with Crippen LogP contribution in [0.3, 0.4) is 0 Å². The molecular weight excluding hydrogens is 384 g/mol. The number of likely N-dealkylation sites (tertiary alicyclic amines) is 1. The molecule has 2 fully saturated rings. The van der Waals surface area contributed by atoms with Crippen molar-refractivity contribution in [2.75, 3.05) is 0 Å². The topological polar surface area (TPSA) is 96.5 Å². The smallest absolute Gasteiger partial charge is 0.329 e. The van der Waals surface area contributed by atoms with Crippen LogP contribution in [0.25, 0.3) is 10.9 Å². The summed E-state index contributed by atoms with van der Waals surface area (Å²) in [5, 5.41) is 0.768. The molecule has 7 nitrogen and oxygen atoms in total. The molecule has 1 aliphatic carbocycles. The van der Waals surface area contributed by atoms with E-state index < -0.39 is 18.1 Å². The molecule has 1 N–H and O–H groups in total. The number of aryl methyl sites for hydroxylation is 1. The summed E-state index contributed by atoms with van der Waals surface area (Å²) in [5.41, 5.74) is 2.02. The van der Waals surface area contributed by atoms with Gasteiger partial charge in [-0.2, -0.15) is 0 Å². The number of hydrogen-bond acceptors (Lipinski definition) is 5. The Labute approximate surface area is 174 Å². The minimum absolute atomic E-state index is 0.291. The number of fused-ring (bicyclic) bond motifs is 2. The highest BCUT2D eigenvalue weighted by molar-refractivity contribution is 6.12. The zero-order chi connectivity index (χ0) is 21.6. The minimum Gasteiger partial charge on any atom is -0.453 e. The van der Waals surface area contributed by atoms with E-state index in [1.807, 2.05) is 24.3 Å². The number of nitrogens with zero attached hydrogens (tertiary/aromatic N) is 1. The molecule has 4 atom stereocenters. The Morgan fingerprint density at radius 1 is 1.07 bits per heavy atom. The second kappa shape index (κ2) is 7.70. The van der Waals surface area contributed by atoms with E-state index in [9.17, 15) is 19.2 Å². The van der Waals surface area contributed by atoms with E-state index in [1.54, 1.807) is 6.92 Å². The molecule has 1 saturated carbocycles. The number of H-pyrrole nitrogens is 1. The maximum Gasteiger partial charge on any atom is 0.329 e. The second-order valence-corrected chi connectivity index (χ2v) is 8.33. The third-order valence-electron chi connectivity index (χ3n) is 6.41. The Bertz CT molecular complexity index is 1020. The number of ketones is 1. The molecule has 0 spiro atoms. The van der Waals surface area contributed by atoms with Gasteiger partial charge in [-0.3, -0.25) is 19.3 Å². The maximum atomic E-state index is 13.0. The number of carbonyl (C=O) groups excluding carboxylic acids is 4. The lowest BCUT2D eigenvalue weighted by atomic mass is 9.81. The quantitative estimate of drug-likeness (QED) is 0.464. The molecular formula is C23H26N2O5. The summed E-state index contributed by atoms with van der Waals surface area (Å²) < 4.78 is 5.42. The monoisotopic (exact) mass is 410 g/mol. The van der Waals surface area contributed by atoms with Gasteiger partial charge in [-0.15, -0.1) is 0 Å². The predicted molar refractivity (Wildman–Crippen MR) is 110 cm³/mol. The number of aromatic amines is 1. The van der Waals surface area contributed by atoms with Crippen molar-refractivity contribution in [1.29, 1.82) is 0 Å². The number of benzene rings is 1. The molecule has 0 unspecified atom stereocenters. The largest absolute Gasteiger partial charge is 0.453 e. The van der Waals surface area contributed by atoms with Crippen LogP contribution in [0, 0.1) is 18.8 Å². The summed E-state index contributed by atoms with van der Waals surface area (Å²) >= 11 is 0. The molecule has 1 saturated heterocycles. The Kier molecular flexibility index (Phi) is 5.22. The first-order chi connectivity index (χ1) is 14.3. The summed E-state index contributed by atoms with van der Waals surface area (Å²) in [7, 11) is 0. The maximum absolute atomic E-state index is 13.0. The van der Waals surface area contributed by atoms with E-state index in [1.165, 1.54) is 13.8 Å². The molecule has 2 heterocycles. The predicted octanol–water partition coefficient (Wildman–Crippen LogP) is 3.15. The number of hydrogen-bond donors (Lipinski definition) is 1. The number of nitrogens with one attached hydrogen (secondary N) is 1. The zero-order valence-electron chi connectivity index (χ0n) is 17.4. The van der Waals surface area contributed by atoms with Crippen LogP contribution in [-0.2, 0) is 19.1 Å². The Morgan fingerprint density at radius 2 is 1.67 bits per heavy atom. The van der Waals surface area contributed by atoms with Gasteiger partial charge >= 0.3 is 5.97 Å². The summed E-state index contributed by atoms with van der Waals surface area (Å²) in [4.78, 5) is 55.4. The molecule has 0 bridgehead atoms. The first-order valence-electron chi connectivity index (χ1n) is 10.5. The molecule has 4 rings (SSSR count). The number of rotatable bonds is 5. The molecule has 1 aliphatic heterocycles. The Hall–Kier alpha value is -2.96. The van der Waals surface area contributed by atoms with Gasteiger partial charge in [0.15, 0.2) is 6.10 Å². The molecule has 30 heavy (non-hydrogen) atoms. The number of ether oxygens (including phenoxy) is 1. The fraction of sp³-hybridized carbons (Fsp3) is 0.478. The van der Waals surface area contributed by atoms with Crippen molar-refractivity contribution in [2.24, 2.45) is 11.8 Å². The van der Waals surface area contributed by atoms with Crippen molar-refractivity contribution >= 4 is 34.5 Å². The van der Waals surface area contributed by atoms with Gasteiger partial charge in [0.05, 0.1) is 11.8 Å². The van der Waals surface area contributed by atoms with Crippen LogP contribution >= 0.6 is 0 Å². The van der Waals surface area contributed by atoms with Crippen LogP contribution < -0.4 is 0 Å². The van der Waals surface area contributed by atoms with Gasteiger partial charge in [0, 0.05) is 22.2 Å². The van der Waals surface area contributed by atoms with E-state index in [0.29, 0.717) is 24.1 Å². The van der Waals surface area contributed by atoms with Crippen molar-refractivity contribution in [2.45, 2.75) is 58.6 Å². The fourth-order valence-corrected chi connectivity index (χ4v) is 4.80. The van der Waals surface area contributed by atoms with Crippen molar-refractivity contribution in [3.8, 4) is 0 Å². The van der Waals surface area contributed by atoms with Crippen LogP contribution in [-0.4, -0.2) is 45.6 Å². The van der Waals surface area contributed by atoms with Gasteiger partial charge in [0.2, 0.25) is 17.6 Å². The molecule has 2 aliphatic rings. The van der Waals surface area contributed by atoms with Crippen molar-refractivity contribution < 1.29 is 23.9 Å². The highest BCUT2D eigenvalue weighted by Gasteiger charge is 2.51. The molecule has 2 aromatic rings. The van der Waals surface area contributed by atoms with Crippen LogP contribution in [0.5, 0.6) is 0 Å². The lowest BCUT2D eigenvalue weighted by molar-refractivity contribution is -0.159. The van der Waals surface area contributed by atoms with Crippen molar-refractivity contribution in [1.82, 2.24) is 9.88 Å². The Balaban J connectivity index is 1.49. The van der Waals surface area contributed by atoms with Crippen LogP contribution in [0.1, 0.15) is 55.6 Å². The summed E-state index contributed by atoms with van der Waals surface area (Å²) in [5.74, 6) is -2.29. The standard InChI is InChI=1S/C23H26N2O5/c1-12-19(17-10-6-7-11-18(17)24-12)20(26)14(3)30-23(29)13(2)25-21(27)15-8-4-5-9-16(15)22(25)28/h6-7,10-11,13-16,24H,4-5,8-9H2,1-3H3/t13-,14+,15-,16-/m0/s1. The van der Waals surface area contributed by atoms with Gasteiger partial charge in [-0.05, 0) is 39.7 Å². The van der Waals surface area contributed by atoms with E-state index in [0.717, 1.165) is 28.6 Å². The van der Waals surface area contributed by atoms with Crippen LogP contribution in [0.4, 0.5) is 0 Å². The molecule has 7 heteroatoms. The SMILES string of the molecule is Cc1[nH]c2ccccc2c1C(=O)[C@@H](C)OC(=O)[C@H](C)N1C(=O)[C@H]2CCCC[C@@H]2C1=O. The normalized spacial score (nSPS) is 23.4. The molecule has 1 aromatic heterocycles. The summed E-state index contributed by atoms with van der Waals surface area (Å²) in [6.07, 6.45) is 2.17. The van der Waals surface area contributed by atoms with E-state index in [-0.39, 0.29) is 29.4 Å². The third kappa shape index (κ3) is 3.22. The first kappa shape index (κ1) is 20.3.